The van der Waals surface area contributed by atoms with Crippen molar-refractivity contribution < 1.29 is 28.7 Å². The number of carbonyl (C=O) groups is 4. The fourth-order valence-corrected chi connectivity index (χ4v) is 9.18. The van der Waals surface area contributed by atoms with Crippen LogP contribution in [-0.2, 0) is 38.3 Å². The summed E-state index contributed by atoms with van der Waals surface area (Å²) in [4.78, 5) is 72.3. The van der Waals surface area contributed by atoms with Crippen LogP contribution in [0.15, 0.2) is 60.8 Å². The lowest BCUT2D eigenvalue weighted by molar-refractivity contribution is -0.136. The standard InChI is InChI=1S/C49H62N8O6/c1-9-32-18-15-31(25-36(32)39-27-50-44(53-39)40-12-10-22-56(40)46(58)42(28(2)3)54-48(60)62-7)16-19-33-17-14-30(6)24-35(33)34-20-21-37-38(26-34)52-45(51-37)41-13-11-23-57(41)47(59)43(29(4)5)55-49(61)63-8/h14-15,17-18,20-21,24-29,40-43H,9-13,16,19,22-23H2,1-8H3,(H,50,53)(H,51,52)(H,54,60)(H,55,61)/t40-,41-,42-,43-/m0/s1. The van der Waals surface area contributed by atoms with Crippen LogP contribution in [0, 0.1) is 18.8 Å². The van der Waals surface area contributed by atoms with Crippen molar-refractivity contribution in [1.29, 1.82) is 0 Å². The zero-order valence-electron chi connectivity index (χ0n) is 37.8. The predicted molar refractivity (Wildman–Crippen MR) is 243 cm³/mol. The first-order chi connectivity index (χ1) is 30.3. The Labute approximate surface area is 369 Å². The second-order valence-corrected chi connectivity index (χ2v) is 17.6. The van der Waals surface area contributed by atoms with Crippen molar-refractivity contribution in [3.05, 3.63) is 94.7 Å². The highest BCUT2D eigenvalue weighted by Gasteiger charge is 2.39. The van der Waals surface area contributed by atoms with E-state index in [9.17, 15) is 19.2 Å². The maximum absolute atomic E-state index is 13.8. The Hall–Kier alpha value is -6.18. The van der Waals surface area contributed by atoms with Gasteiger partial charge in [0.05, 0.1) is 49.2 Å². The zero-order chi connectivity index (χ0) is 44.9. The van der Waals surface area contributed by atoms with Gasteiger partial charge < -0.3 is 39.9 Å². The molecule has 7 rings (SSSR count). The van der Waals surface area contributed by atoms with Crippen molar-refractivity contribution in [3.8, 4) is 22.4 Å². The van der Waals surface area contributed by atoms with Gasteiger partial charge in [-0.25, -0.2) is 19.6 Å². The first-order valence-corrected chi connectivity index (χ1v) is 22.4. The van der Waals surface area contributed by atoms with Crippen molar-refractivity contribution in [2.24, 2.45) is 11.8 Å². The van der Waals surface area contributed by atoms with Gasteiger partial charge in [-0.15, -0.1) is 0 Å². The van der Waals surface area contributed by atoms with Gasteiger partial charge in [0.2, 0.25) is 11.8 Å². The maximum Gasteiger partial charge on any atom is 0.407 e. The number of fused-ring (bicyclic) bond motifs is 1. The highest BCUT2D eigenvalue weighted by atomic mass is 16.5. The van der Waals surface area contributed by atoms with Crippen molar-refractivity contribution in [2.75, 3.05) is 27.3 Å². The number of carbonyl (C=O) groups excluding carboxylic acids is 4. The molecule has 2 aliphatic heterocycles. The van der Waals surface area contributed by atoms with E-state index in [0.29, 0.717) is 13.1 Å². The van der Waals surface area contributed by atoms with Crippen LogP contribution < -0.4 is 10.6 Å². The Morgan fingerprint density at radius 1 is 0.746 bits per heavy atom. The molecule has 2 aromatic heterocycles. The minimum Gasteiger partial charge on any atom is -0.453 e. The Balaban J connectivity index is 1.09. The van der Waals surface area contributed by atoms with Gasteiger partial charge in [-0.2, -0.15) is 0 Å². The average molecular weight is 859 g/mol. The quantitative estimate of drug-likeness (QED) is 0.0862. The summed E-state index contributed by atoms with van der Waals surface area (Å²) in [5.41, 5.74) is 10.8. The second kappa shape index (κ2) is 19.5. The van der Waals surface area contributed by atoms with Crippen LogP contribution in [-0.4, -0.2) is 93.1 Å². The number of hydrogen-bond donors (Lipinski definition) is 4. The van der Waals surface area contributed by atoms with Crippen LogP contribution in [0.25, 0.3) is 33.4 Å². The fraction of sp³-hybridized carbons (Fsp3) is 0.469. The Kier molecular flexibility index (Phi) is 13.9. The van der Waals surface area contributed by atoms with Gasteiger partial charge in [0.25, 0.3) is 0 Å². The smallest absolute Gasteiger partial charge is 0.407 e. The summed E-state index contributed by atoms with van der Waals surface area (Å²) in [6.07, 6.45) is 6.40. The number of amides is 4. The number of likely N-dealkylation sites (tertiary alicyclic amines) is 2. The molecule has 0 saturated carbocycles. The lowest BCUT2D eigenvalue weighted by Gasteiger charge is -2.30. The molecule has 0 unspecified atom stereocenters. The van der Waals surface area contributed by atoms with Crippen molar-refractivity contribution >= 4 is 35.0 Å². The van der Waals surface area contributed by atoms with E-state index in [2.05, 4.69) is 83.0 Å². The first-order valence-electron chi connectivity index (χ1n) is 22.4. The minimum atomic E-state index is -0.697. The zero-order valence-corrected chi connectivity index (χ0v) is 37.8. The number of nitrogens with zero attached hydrogens (tertiary/aromatic N) is 4. The highest BCUT2D eigenvalue weighted by molar-refractivity contribution is 5.88. The summed E-state index contributed by atoms with van der Waals surface area (Å²) in [5.74, 6) is 1.00. The van der Waals surface area contributed by atoms with E-state index in [4.69, 9.17) is 19.4 Å². The maximum atomic E-state index is 13.8. The summed E-state index contributed by atoms with van der Waals surface area (Å²) < 4.78 is 9.61. The molecule has 0 spiro atoms. The highest BCUT2D eigenvalue weighted by Crippen LogP contribution is 2.36. The van der Waals surface area contributed by atoms with E-state index >= 15 is 0 Å². The molecule has 2 aliphatic rings. The minimum absolute atomic E-state index is 0.110. The molecule has 0 radical (unpaired) electrons. The molecule has 63 heavy (non-hydrogen) atoms. The third-order valence-electron chi connectivity index (χ3n) is 12.7. The number of aromatic amines is 2. The largest absolute Gasteiger partial charge is 0.453 e. The number of hydrogen-bond acceptors (Lipinski definition) is 8. The Morgan fingerprint density at radius 2 is 1.37 bits per heavy atom. The van der Waals surface area contributed by atoms with Gasteiger partial charge in [-0.05, 0) is 110 Å². The number of H-pyrrole nitrogens is 2. The van der Waals surface area contributed by atoms with Crippen LogP contribution >= 0.6 is 0 Å². The van der Waals surface area contributed by atoms with Gasteiger partial charge >= 0.3 is 12.2 Å². The molecule has 4 N–H and O–H groups in total. The second-order valence-electron chi connectivity index (χ2n) is 17.6. The van der Waals surface area contributed by atoms with Gasteiger partial charge in [0, 0.05) is 18.7 Å². The van der Waals surface area contributed by atoms with Crippen molar-refractivity contribution in [3.63, 3.8) is 0 Å². The number of methoxy groups -OCH3 is 2. The molecule has 14 nitrogen and oxygen atoms in total. The predicted octanol–water partition coefficient (Wildman–Crippen LogP) is 8.36. The lowest BCUT2D eigenvalue weighted by atomic mass is 9.92. The van der Waals surface area contributed by atoms with Crippen LogP contribution in [0.3, 0.4) is 0 Å². The molecular weight excluding hydrogens is 797 g/mol. The summed E-state index contributed by atoms with van der Waals surface area (Å²) in [6.45, 7) is 13.1. The summed E-state index contributed by atoms with van der Waals surface area (Å²) in [5, 5.41) is 5.46. The van der Waals surface area contributed by atoms with Crippen molar-refractivity contribution in [1.82, 2.24) is 40.4 Å². The Bertz CT molecular complexity index is 2450. The molecule has 5 aromatic rings. The molecule has 4 heterocycles. The van der Waals surface area contributed by atoms with E-state index < -0.39 is 24.3 Å². The molecule has 334 valence electrons. The number of rotatable bonds is 14. The number of imidazole rings is 2. The van der Waals surface area contributed by atoms with E-state index in [1.165, 1.54) is 42.0 Å². The van der Waals surface area contributed by atoms with Crippen LogP contribution in [0.5, 0.6) is 0 Å². The number of benzene rings is 3. The van der Waals surface area contributed by atoms with E-state index in [1.807, 2.05) is 49.8 Å². The van der Waals surface area contributed by atoms with Gasteiger partial charge in [0.15, 0.2) is 0 Å². The van der Waals surface area contributed by atoms with Gasteiger partial charge in [-0.1, -0.05) is 76.6 Å². The number of ether oxygens (including phenoxy) is 2. The van der Waals surface area contributed by atoms with Crippen LogP contribution in [0.4, 0.5) is 9.59 Å². The molecule has 2 fully saturated rings. The topological polar surface area (TPSA) is 175 Å². The van der Waals surface area contributed by atoms with E-state index in [1.54, 1.807) is 0 Å². The SMILES string of the molecule is CCc1ccc(CCc2ccc(C)cc2-c2ccc3nc([C@@H]4CCCN4C(=O)[C@@H](NC(=O)OC)C(C)C)[nH]c3c2)cc1-c1cnc([C@@H]2CCCN2C(=O)[C@@H](NC(=O)OC)C(C)C)[nH]1. The third kappa shape index (κ3) is 9.74. The van der Waals surface area contributed by atoms with E-state index in [-0.39, 0.29) is 35.7 Å². The molecule has 4 atom stereocenters. The summed E-state index contributed by atoms with van der Waals surface area (Å²) >= 11 is 0. The number of aromatic nitrogens is 4. The van der Waals surface area contributed by atoms with E-state index in [0.717, 1.165) is 84.4 Å². The van der Waals surface area contributed by atoms with Gasteiger partial charge in [-0.3, -0.25) is 9.59 Å². The lowest BCUT2D eigenvalue weighted by Crippen LogP contribution is -2.51. The van der Waals surface area contributed by atoms with Crippen LogP contribution in [0.1, 0.15) is 106 Å². The third-order valence-corrected chi connectivity index (χ3v) is 12.7. The van der Waals surface area contributed by atoms with Crippen molar-refractivity contribution in [2.45, 2.75) is 111 Å². The number of aryl methyl sites for hydroxylation is 4. The summed E-state index contributed by atoms with van der Waals surface area (Å²) in [6, 6.07) is 17.8. The molecule has 0 aliphatic carbocycles. The number of nitrogens with one attached hydrogen (secondary N) is 4. The monoisotopic (exact) mass is 858 g/mol. The molecule has 14 heteroatoms. The normalized spacial score (nSPS) is 17.4. The fourth-order valence-electron chi connectivity index (χ4n) is 9.18. The molecule has 3 aromatic carbocycles. The average Bonchev–Trinajstić information content (AvgIpc) is 4.12. The molecule has 0 bridgehead atoms. The van der Waals surface area contributed by atoms with Gasteiger partial charge in [0.1, 0.15) is 23.7 Å². The first kappa shape index (κ1) is 44.9. The summed E-state index contributed by atoms with van der Waals surface area (Å²) in [7, 11) is 2.60. The van der Waals surface area contributed by atoms with Crippen LogP contribution in [0.2, 0.25) is 0 Å². The molecular formula is C49H62N8O6. The number of alkyl carbamates (subject to hydrolysis) is 2. The molecule has 4 amide bonds. The molecule has 2 saturated heterocycles. The Morgan fingerprint density at radius 3 is 1.97 bits per heavy atom.